The second-order valence-electron chi connectivity index (χ2n) is 16.3. The van der Waals surface area contributed by atoms with Crippen molar-refractivity contribution in [2.24, 2.45) is 46.3 Å². The van der Waals surface area contributed by atoms with E-state index in [4.69, 9.17) is 14.2 Å². The van der Waals surface area contributed by atoms with Gasteiger partial charge in [-0.15, -0.1) is 0 Å². The van der Waals surface area contributed by atoms with Gasteiger partial charge in [-0.3, -0.25) is 19.2 Å². The van der Waals surface area contributed by atoms with Crippen LogP contribution in [0.25, 0.3) is 0 Å². The summed E-state index contributed by atoms with van der Waals surface area (Å²) in [6.07, 6.45) is 1.37. The lowest BCUT2D eigenvalue weighted by atomic mass is 9.40. The lowest BCUT2D eigenvalue weighted by molar-refractivity contribution is -0.335. The largest absolute Gasteiger partial charge is 0.457 e. The first kappa shape index (κ1) is 34.8. The van der Waals surface area contributed by atoms with E-state index in [0.29, 0.717) is 6.42 Å². The number of ether oxygens (including phenoxy) is 3. The number of amides is 1. The number of ketones is 1. The number of hydrogen-bond donors (Lipinski definition) is 2. The summed E-state index contributed by atoms with van der Waals surface area (Å²) in [4.78, 5) is 54.2. The first-order valence-corrected chi connectivity index (χ1v) is 17.7. The average molecular weight is 664 g/mol. The van der Waals surface area contributed by atoms with Crippen molar-refractivity contribution in [1.82, 2.24) is 5.32 Å². The van der Waals surface area contributed by atoms with Gasteiger partial charge < -0.3 is 24.6 Å². The summed E-state index contributed by atoms with van der Waals surface area (Å²) in [6.45, 7) is 16.8. The van der Waals surface area contributed by atoms with Crippen molar-refractivity contribution in [2.45, 2.75) is 117 Å². The van der Waals surface area contributed by atoms with Gasteiger partial charge in [-0.25, -0.2) is 0 Å². The third-order valence-electron chi connectivity index (χ3n) is 13.4. The monoisotopic (exact) mass is 663 g/mol. The predicted octanol–water partition coefficient (Wildman–Crippen LogP) is 5.50. The highest BCUT2D eigenvalue weighted by molar-refractivity contribution is 5.91. The number of rotatable bonds is 7. The third kappa shape index (κ3) is 5.00. The molecule has 0 aromatic heterocycles. The number of benzene rings is 1. The summed E-state index contributed by atoms with van der Waals surface area (Å²) in [5, 5.41) is 16.4. The van der Waals surface area contributed by atoms with Crippen LogP contribution in [-0.4, -0.2) is 58.8 Å². The number of esters is 2. The molecule has 9 heteroatoms. The molecular formula is C39H53NO8. The summed E-state index contributed by atoms with van der Waals surface area (Å²) >= 11 is 0. The van der Waals surface area contributed by atoms with Crippen molar-refractivity contribution in [3.8, 4) is 0 Å². The van der Waals surface area contributed by atoms with Crippen molar-refractivity contribution in [1.29, 1.82) is 0 Å². The summed E-state index contributed by atoms with van der Waals surface area (Å²) in [7, 11) is 0. The van der Waals surface area contributed by atoms with Crippen LogP contribution in [0.5, 0.6) is 0 Å². The Morgan fingerprint density at radius 3 is 2.25 bits per heavy atom. The Balaban J connectivity index is 1.47. The van der Waals surface area contributed by atoms with Crippen LogP contribution in [0.4, 0.5) is 0 Å². The number of Topliss-reactive ketones (excluding diaryl/α,β-unsaturated/α-hetero) is 1. The van der Waals surface area contributed by atoms with E-state index >= 15 is 4.79 Å². The van der Waals surface area contributed by atoms with Gasteiger partial charge in [0.2, 0.25) is 5.91 Å². The molecule has 1 saturated heterocycles. The SMILES string of the molecule is CC(=O)NC(c1ccccc1)C(C)C(=O)OC1CC2(O)C(C3CC3)C3C4(OC(C)=O)COC4CC(C)C3(C)C(=O)C(C)C(=C1C)C2(C)C. The Morgan fingerprint density at radius 1 is 1.06 bits per heavy atom. The van der Waals surface area contributed by atoms with Crippen LogP contribution in [0, 0.1) is 46.3 Å². The number of nitrogens with one attached hydrogen (secondary N) is 1. The topological polar surface area (TPSA) is 128 Å². The quantitative estimate of drug-likeness (QED) is 0.289. The molecule has 11 unspecified atom stereocenters. The maximum absolute atomic E-state index is 15.1. The molecule has 6 rings (SSSR count). The van der Waals surface area contributed by atoms with Crippen LogP contribution in [0.15, 0.2) is 41.5 Å². The molecule has 0 radical (unpaired) electrons. The van der Waals surface area contributed by atoms with E-state index in [1.54, 1.807) is 6.92 Å². The second-order valence-corrected chi connectivity index (χ2v) is 16.3. The smallest absolute Gasteiger partial charge is 0.311 e. The molecule has 48 heavy (non-hydrogen) atoms. The van der Waals surface area contributed by atoms with Crippen LogP contribution in [0.3, 0.4) is 0 Å². The number of fused-ring (bicyclic) bond motifs is 5. The minimum atomic E-state index is -1.40. The van der Waals surface area contributed by atoms with E-state index in [2.05, 4.69) is 12.2 Å². The zero-order valence-corrected chi connectivity index (χ0v) is 29.9. The number of carbonyl (C=O) groups is 4. The predicted molar refractivity (Wildman–Crippen MR) is 178 cm³/mol. The molecule has 262 valence electrons. The molecule has 4 fully saturated rings. The van der Waals surface area contributed by atoms with Crippen molar-refractivity contribution >= 4 is 23.6 Å². The molecule has 1 aromatic carbocycles. The molecular weight excluding hydrogens is 610 g/mol. The summed E-state index contributed by atoms with van der Waals surface area (Å²) in [5.41, 5.74) is -1.78. The zero-order valence-electron chi connectivity index (χ0n) is 29.9. The highest BCUT2D eigenvalue weighted by Crippen LogP contribution is 2.70. The molecule has 9 nitrogen and oxygen atoms in total. The number of carbonyl (C=O) groups excluding carboxylic acids is 4. The molecule has 3 saturated carbocycles. The molecule has 11 atom stereocenters. The van der Waals surface area contributed by atoms with Crippen molar-refractivity contribution in [3.63, 3.8) is 0 Å². The van der Waals surface area contributed by atoms with E-state index in [9.17, 15) is 19.5 Å². The Kier molecular flexibility index (Phi) is 8.55. The Labute approximate surface area is 284 Å². The van der Waals surface area contributed by atoms with Gasteiger partial charge in [0.05, 0.1) is 24.2 Å². The maximum atomic E-state index is 15.1. The molecule has 1 aromatic rings. The number of aliphatic hydroxyl groups is 1. The number of hydrogen-bond acceptors (Lipinski definition) is 8. The Bertz CT molecular complexity index is 1530. The van der Waals surface area contributed by atoms with Crippen molar-refractivity contribution < 1.29 is 38.5 Å². The summed E-state index contributed by atoms with van der Waals surface area (Å²) in [6, 6.07) is 8.73. The van der Waals surface area contributed by atoms with Crippen molar-refractivity contribution in [3.05, 3.63) is 47.0 Å². The van der Waals surface area contributed by atoms with Gasteiger partial charge in [0.25, 0.3) is 0 Å². The molecule has 2 N–H and O–H groups in total. The van der Waals surface area contributed by atoms with Crippen LogP contribution in [0.2, 0.25) is 0 Å². The van der Waals surface area contributed by atoms with Gasteiger partial charge in [-0.05, 0) is 67.6 Å². The molecule has 0 spiro atoms. The molecule has 1 heterocycles. The Hall–Kier alpha value is -3.04. The normalized spacial score (nSPS) is 39.8. The summed E-state index contributed by atoms with van der Waals surface area (Å²) in [5.74, 6) is -3.29. The minimum Gasteiger partial charge on any atom is -0.457 e. The lowest BCUT2D eigenvalue weighted by Crippen LogP contribution is -2.78. The van der Waals surface area contributed by atoms with E-state index < -0.39 is 69.8 Å². The molecule has 1 aliphatic heterocycles. The van der Waals surface area contributed by atoms with Crippen molar-refractivity contribution in [2.75, 3.05) is 6.61 Å². The molecule has 4 aliphatic carbocycles. The fourth-order valence-electron chi connectivity index (χ4n) is 10.7. The fourth-order valence-corrected chi connectivity index (χ4v) is 10.7. The van der Waals surface area contributed by atoms with Gasteiger partial charge >= 0.3 is 11.9 Å². The van der Waals surface area contributed by atoms with E-state index in [1.165, 1.54) is 13.8 Å². The van der Waals surface area contributed by atoms with Crippen LogP contribution in [-0.2, 0) is 33.4 Å². The highest BCUT2D eigenvalue weighted by atomic mass is 16.6. The van der Waals surface area contributed by atoms with E-state index in [0.717, 1.165) is 29.6 Å². The lowest BCUT2D eigenvalue weighted by Gasteiger charge is -2.69. The Morgan fingerprint density at radius 2 is 1.71 bits per heavy atom. The average Bonchev–Trinajstić information content (AvgIpc) is 3.85. The molecule has 5 aliphatic rings. The van der Waals surface area contributed by atoms with Crippen LogP contribution >= 0.6 is 0 Å². The van der Waals surface area contributed by atoms with E-state index in [1.807, 2.05) is 65.0 Å². The summed E-state index contributed by atoms with van der Waals surface area (Å²) < 4.78 is 18.8. The van der Waals surface area contributed by atoms with Gasteiger partial charge in [0.1, 0.15) is 18.0 Å². The van der Waals surface area contributed by atoms with Gasteiger partial charge in [-0.2, -0.15) is 0 Å². The second kappa shape index (κ2) is 11.8. The van der Waals surface area contributed by atoms with Gasteiger partial charge in [0.15, 0.2) is 5.60 Å². The maximum Gasteiger partial charge on any atom is 0.311 e. The van der Waals surface area contributed by atoms with E-state index in [-0.39, 0.29) is 42.7 Å². The zero-order chi connectivity index (χ0) is 35.1. The van der Waals surface area contributed by atoms with Crippen LogP contribution in [0.1, 0.15) is 99.6 Å². The molecule has 1 amide bonds. The van der Waals surface area contributed by atoms with Crippen LogP contribution < -0.4 is 5.32 Å². The molecule has 2 bridgehead atoms. The standard InChI is InChI=1S/C39H53NO8/c1-20-17-29-38(19-46-29,48-25(6)42)33-31(26-15-16-26)39(45)18-28(21(2)30(36(39,7)8)22(3)34(43)37(20,33)9)47-35(44)23(4)32(40-24(5)41)27-13-11-10-12-14-27/h10-14,20,22-23,26,28-29,31-33,45H,15-19H2,1-9H3,(H,40,41). The first-order chi connectivity index (χ1) is 22.4. The van der Waals surface area contributed by atoms with Gasteiger partial charge in [-0.1, -0.05) is 65.0 Å². The third-order valence-corrected chi connectivity index (χ3v) is 13.4. The minimum absolute atomic E-state index is 0.0714. The fraction of sp³-hybridized carbons (Fsp3) is 0.692. The van der Waals surface area contributed by atoms with Gasteiger partial charge in [0, 0.05) is 42.9 Å². The highest BCUT2D eigenvalue weighted by Gasteiger charge is 2.77. The first-order valence-electron chi connectivity index (χ1n) is 17.7.